The van der Waals surface area contributed by atoms with E-state index in [2.05, 4.69) is 48.6 Å². The van der Waals surface area contributed by atoms with E-state index in [1.165, 1.54) is 0 Å². The van der Waals surface area contributed by atoms with Gasteiger partial charge in [-0.2, -0.15) is 0 Å². The smallest absolute Gasteiger partial charge is 0.319 e. The molecule has 0 fully saturated rings. The molecule has 0 unspecified atom stereocenters. The summed E-state index contributed by atoms with van der Waals surface area (Å²) in [5.41, 5.74) is 1.40. The molecule has 40 heavy (non-hydrogen) atoms. The number of aromatic nitrogens is 1. The molecule has 1 aromatic heterocycles. The topological polar surface area (TPSA) is 103 Å². The van der Waals surface area contributed by atoms with Crippen LogP contribution < -0.4 is 30.2 Å². The van der Waals surface area contributed by atoms with Crippen molar-refractivity contribution in [2.75, 3.05) is 51.9 Å². The van der Waals surface area contributed by atoms with E-state index in [9.17, 15) is 4.79 Å². The highest BCUT2D eigenvalue weighted by atomic mass is 35.5. The van der Waals surface area contributed by atoms with E-state index in [-0.39, 0.29) is 11.4 Å². The highest BCUT2D eigenvalue weighted by molar-refractivity contribution is 6.32. The molecular formula is C30H41ClN4O5. The molecule has 0 aliphatic heterocycles. The van der Waals surface area contributed by atoms with Gasteiger partial charge >= 0.3 is 6.03 Å². The second-order valence-corrected chi connectivity index (χ2v) is 10.9. The van der Waals surface area contributed by atoms with Gasteiger partial charge in [0.05, 0.1) is 24.3 Å². The standard InChI is InChI=1S/C30H41ClN4O5/c1-6-15-38-16-13-32-14-17-39-28-20-24-22(19-27(28)37-5)25(9-11-33-24)40-26-8-7-21(18-23(26)31)35-29(36)34-12-10-30(2,3)4/h7-9,11,18-20,32H,6,10,12-17H2,1-5H3,(H2,34,35,36). The number of benzene rings is 2. The van der Waals surface area contributed by atoms with E-state index >= 15 is 0 Å². The fourth-order valence-electron chi connectivity index (χ4n) is 3.74. The molecule has 3 N–H and O–H groups in total. The van der Waals surface area contributed by atoms with E-state index in [0.29, 0.717) is 65.5 Å². The molecule has 3 aromatic rings. The van der Waals surface area contributed by atoms with Gasteiger partial charge in [0, 0.05) is 49.6 Å². The third-order valence-electron chi connectivity index (χ3n) is 5.87. The van der Waals surface area contributed by atoms with E-state index in [0.717, 1.165) is 31.4 Å². The fourth-order valence-corrected chi connectivity index (χ4v) is 3.96. The number of nitrogens with one attached hydrogen (secondary N) is 3. The van der Waals surface area contributed by atoms with Crippen molar-refractivity contribution in [1.29, 1.82) is 0 Å². The summed E-state index contributed by atoms with van der Waals surface area (Å²) >= 11 is 6.51. The van der Waals surface area contributed by atoms with Gasteiger partial charge in [0.1, 0.15) is 18.1 Å². The summed E-state index contributed by atoms with van der Waals surface area (Å²) in [6.07, 6.45) is 3.55. The summed E-state index contributed by atoms with van der Waals surface area (Å²) in [4.78, 5) is 16.7. The Morgan fingerprint density at radius 2 is 1.75 bits per heavy atom. The molecular weight excluding hydrogens is 532 g/mol. The lowest BCUT2D eigenvalue weighted by Gasteiger charge is -2.18. The lowest BCUT2D eigenvalue weighted by atomic mass is 9.92. The predicted octanol–water partition coefficient (Wildman–Crippen LogP) is 6.64. The minimum atomic E-state index is -0.281. The van der Waals surface area contributed by atoms with Crippen LogP contribution in [0.25, 0.3) is 10.9 Å². The second-order valence-electron chi connectivity index (χ2n) is 10.5. The summed E-state index contributed by atoms with van der Waals surface area (Å²) in [6.45, 7) is 12.4. The van der Waals surface area contributed by atoms with Gasteiger partial charge in [-0.15, -0.1) is 0 Å². The Morgan fingerprint density at radius 1 is 0.950 bits per heavy atom. The van der Waals surface area contributed by atoms with Gasteiger partial charge in [0.25, 0.3) is 0 Å². The number of hydrogen-bond donors (Lipinski definition) is 3. The highest BCUT2D eigenvalue weighted by Crippen LogP contribution is 2.39. The van der Waals surface area contributed by atoms with Gasteiger partial charge in [-0.25, -0.2) is 4.79 Å². The van der Waals surface area contributed by atoms with E-state index in [4.69, 9.17) is 30.5 Å². The second kappa shape index (κ2) is 15.5. The Kier molecular flexibility index (Phi) is 12.1. The molecule has 2 amide bonds. The van der Waals surface area contributed by atoms with Crippen LogP contribution in [0.1, 0.15) is 40.5 Å². The molecule has 3 rings (SSSR count). The number of methoxy groups -OCH3 is 1. The molecule has 0 aliphatic carbocycles. The normalized spacial score (nSPS) is 11.3. The first kappa shape index (κ1) is 31.3. The molecule has 1 heterocycles. The van der Waals surface area contributed by atoms with Crippen LogP contribution in [-0.2, 0) is 4.74 Å². The largest absolute Gasteiger partial charge is 0.493 e. The minimum Gasteiger partial charge on any atom is -0.493 e. The van der Waals surface area contributed by atoms with Crippen LogP contribution in [0.5, 0.6) is 23.0 Å². The molecule has 10 heteroatoms. The minimum absolute atomic E-state index is 0.145. The Labute approximate surface area is 241 Å². The van der Waals surface area contributed by atoms with E-state index < -0.39 is 0 Å². The summed E-state index contributed by atoms with van der Waals surface area (Å²) in [5.74, 6) is 2.17. The number of rotatable bonds is 15. The van der Waals surface area contributed by atoms with E-state index in [1.807, 2.05) is 12.1 Å². The zero-order valence-electron chi connectivity index (χ0n) is 24.1. The SMILES string of the molecule is CCCOCCNCCOc1cc2nccc(Oc3ccc(NC(=O)NCCC(C)(C)C)cc3Cl)c2cc1OC. The average molecular weight is 573 g/mol. The molecule has 0 atom stereocenters. The van der Waals surface area contributed by atoms with Gasteiger partial charge in [-0.05, 0) is 48.6 Å². The van der Waals surface area contributed by atoms with Crippen LogP contribution in [0, 0.1) is 5.41 Å². The molecule has 0 bridgehead atoms. The van der Waals surface area contributed by atoms with Crippen LogP contribution in [0.15, 0.2) is 42.6 Å². The number of fused-ring (bicyclic) bond motifs is 1. The number of hydrogen-bond acceptors (Lipinski definition) is 7. The first-order valence-corrected chi connectivity index (χ1v) is 14.0. The van der Waals surface area contributed by atoms with Crippen molar-refractivity contribution in [3.05, 3.63) is 47.6 Å². The maximum Gasteiger partial charge on any atom is 0.319 e. The van der Waals surface area contributed by atoms with Crippen molar-refractivity contribution in [2.45, 2.75) is 40.5 Å². The summed E-state index contributed by atoms with van der Waals surface area (Å²) in [5, 5.41) is 10.1. The van der Waals surface area contributed by atoms with E-state index in [1.54, 1.807) is 37.6 Å². The Morgan fingerprint density at radius 3 is 2.48 bits per heavy atom. The monoisotopic (exact) mass is 572 g/mol. The van der Waals surface area contributed by atoms with Gasteiger partial charge in [0.2, 0.25) is 0 Å². The zero-order valence-corrected chi connectivity index (χ0v) is 24.8. The Bertz CT molecular complexity index is 1250. The summed E-state index contributed by atoms with van der Waals surface area (Å²) in [7, 11) is 1.59. The third kappa shape index (κ3) is 10.0. The summed E-state index contributed by atoms with van der Waals surface area (Å²) in [6, 6.07) is 10.3. The number of ether oxygens (including phenoxy) is 4. The lowest BCUT2D eigenvalue weighted by molar-refractivity contribution is 0.135. The van der Waals surface area contributed by atoms with Crippen molar-refractivity contribution in [2.24, 2.45) is 5.41 Å². The van der Waals surface area contributed by atoms with Crippen molar-refractivity contribution in [3.8, 4) is 23.0 Å². The molecule has 9 nitrogen and oxygen atoms in total. The number of carbonyl (C=O) groups excluding carboxylic acids is 1. The number of nitrogens with zero attached hydrogens (tertiary/aromatic N) is 1. The van der Waals surface area contributed by atoms with Gasteiger partial charge < -0.3 is 34.9 Å². The number of pyridine rings is 1. The van der Waals surface area contributed by atoms with Crippen molar-refractivity contribution >= 4 is 34.2 Å². The number of anilines is 1. The molecule has 0 aliphatic rings. The van der Waals surface area contributed by atoms with Gasteiger partial charge in [-0.1, -0.05) is 39.3 Å². The molecule has 0 radical (unpaired) electrons. The van der Waals surface area contributed by atoms with Crippen molar-refractivity contribution in [1.82, 2.24) is 15.6 Å². The number of urea groups is 1. The molecule has 2 aromatic carbocycles. The Balaban J connectivity index is 1.63. The van der Waals surface area contributed by atoms with Crippen LogP contribution in [0.4, 0.5) is 10.5 Å². The number of carbonyl (C=O) groups is 1. The maximum absolute atomic E-state index is 12.2. The third-order valence-corrected chi connectivity index (χ3v) is 6.16. The fraction of sp³-hybridized carbons (Fsp3) is 0.467. The molecule has 0 spiro atoms. The predicted molar refractivity (Wildman–Crippen MR) is 160 cm³/mol. The number of amides is 2. The molecule has 0 saturated carbocycles. The zero-order chi connectivity index (χ0) is 29.0. The van der Waals surface area contributed by atoms with Crippen molar-refractivity contribution < 1.29 is 23.7 Å². The quantitative estimate of drug-likeness (QED) is 0.175. The Hall–Kier alpha value is -3.27. The van der Waals surface area contributed by atoms with Gasteiger partial charge in [0.15, 0.2) is 11.5 Å². The average Bonchev–Trinajstić information content (AvgIpc) is 2.90. The van der Waals surface area contributed by atoms with Crippen LogP contribution in [-0.4, -0.2) is 57.6 Å². The lowest BCUT2D eigenvalue weighted by Crippen LogP contribution is -2.31. The molecule has 0 saturated heterocycles. The molecule has 218 valence electrons. The van der Waals surface area contributed by atoms with Crippen LogP contribution in [0.2, 0.25) is 5.02 Å². The number of halogens is 1. The first-order valence-electron chi connectivity index (χ1n) is 13.6. The van der Waals surface area contributed by atoms with Crippen molar-refractivity contribution in [3.63, 3.8) is 0 Å². The van der Waals surface area contributed by atoms with Crippen LogP contribution >= 0.6 is 11.6 Å². The first-order chi connectivity index (χ1) is 19.2. The highest BCUT2D eigenvalue weighted by Gasteiger charge is 2.14. The summed E-state index contributed by atoms with van der Waals surface area (Å²) < 4.78 is 23.2. The maximum atomic E-state index is 12.2. The van der Waals surface area contributed by atoms with Crippen LogP contribution in [0.3, 0.4) is 0 Å². The van der Waals surface area contributed by atoms with Gasteiger partial charge in [-0.3, -0.25) is 4.98 Å².